The summed E-state index contributed by atoms with van der Waals surface area (Å²) in [5, 5.41) is 0.463. The molecule has 1 unspecified atom stereocenters. The third kappa shape index (κ3) is 4.87. The second-order valence-corrected chi connectivity index (χ2v) is 8.70. The lowest BCUT2D eigenvalue weighted by Gasteiger charge is -2.28. The van der Waals surface area contributed by atoms with Crippen LogP contribution in [0.15, 0.2) is 47.3 Å². The first kappa shape index (κ1) is 22.5. The SMILES string of the molecule is O=C1CC(CCSc2ccc(C(F)(F)F)cn2)CC2=C1c1c(F)cc(F)cc1C=CCO2. The largest absolute Gasteiger partial charge is 0.493 e. The number of halogens is 5. The molecule has 0 fully saturated rings. The number of ether oxygens (including phenoxy) is 1. The summed E-state index contributed by atoms with van der Waals surface area (Å²) in [6, 6.07) is 4.26. The number of hydrogen-bond donors (Lipinski definition) is 0. The topological polar surface area (TPSA) is 39.2 Å². The number of carbonyl (C=O) groups excluding carboxylic acids is 1. The van der Waals surface area contributed by atoms with Crippen LogP contribution in [0.1, 0.15) is 36.0 Å². The van der Waals surface area contributed by atoms with Gasteiger partial charge >= 0.3 is 6.18 Å². The van der Waals surface area contributed by atoms with Crippen LogP contribution in [-0.4, -0.2) is 23.1 Å². The van der Waals surface area contributed by atoms with E-state index in [9.17, 15) is 26.7 Å². The number of thioether (sulfide) groups is 1. The quantitative estimate of drug-likeness (QED) is 0.391. The van der Waals surface area contributed by atoms with E-state index in [-0.39, 0.29) is 35.9 Å². The van der Waals surface area contributed by atoms with Crippen molar-refractivity contribution in [2.24, 2.45) is 5.92 Å². The minimum Gasteiger partial charge on any atom is -0.493 e. The van der Waals surface area contributed by atoms with Crippen LogP contribution in [0.25, 0.3) is 11.6 Å². The van der Waals surface area contributed by atoms with Crippen molar-refractivity contribution >= 4 is 29.2 Å². The molecule has 0 bridgehead atoms. The van der Waals surface area contributed by atoms with Gasteiger partial charge in [-0.3, -0.25) is 4.79 Å². The number of pyridine rings is 1. The van der Waals surface area contributed by atoms with E-state index >= 15 is 0 Å². The molecule has 0 amide bonds. The first-order valence-corrected chi connectivity index (χ1v) is 10.9. The summed E-state index contributed by atoms with van der Waals surface area (Å²) in [4.78, 5) is 16.8. The van der Waals surface area contributed by atoms with Gasteiger partial charge in [0.2, 0.25) is 0 Å². The highest BCUT2D eigenvalue weighted by molar-refractivity contribution is 7.99. The second-order valence-electron chi connectivity index (χ2n) is 7.58. The van der Waals surface area contributed by atoms with E-state index in [1.54, 1.807) is 12.2 Å². The van der Waals surface area contributed by atoms with Crippen LogP contribution in [0.5, 0.6) is 0 Å². The van der Waals surface area contributed by atoms with Crippen molar-refractivity contribution in [2.75, 3.05) is 12.4 Å². The Kier molecular flexibility index (Phi) is 6.37. The number of fused-ring (bicyclic) bond motifs is 2. The molecule has 1 atom stereocenters. The number of rotatable bonds is 4. The van der Waals surface area contributed by atoms with Gasteiger partial charge in [0.1, 0.15) is 24.0 Å². The fourth-order valence-electron chi connectivity index (χ4n) is 3.85. The Morgan fingerprint density at radius 3 is 2.69 bits per heavy atom. The monoisotopic (exact) mass is 467 g/mol. The molecule has 3 nitrogen and oxygen atoms in total. The van der Waals surface area contributed by atoms with Gasteiger partial charge in [-0.25, -0.2) is 13.8 Å². The minimum absolute atomic E-state index is 0.0569. The number of Topliss-reactive ketones (excluding diaryl/α,β-unsaturated/α-hetero) is 1. The van der Waals surface area contributed by atoms with E-state index in [0.29, 0.717) is 34.9 Å². The summed E-state index contributed by atoms with van der Waals surface area (Å²) in [6.07, 6.45) is 0.762. The van der Waals surface area contributed by atoms with Crippen LogP contribution in [0.2, 0.25) is 0 Å². The van der Waals surface area contributed by atoms with Gasteiger partial charge in [-0.05, 0) is 47.9 Å². The lowest BCUT2D eigenvalue weighted by Crippen LogP contribution is -2.22. The molecule has 1 aliphatic carbocycles. The van der Waals surface area contributed by atoms with Gasteiger partial charge in [-0.1, -0.05) is 6.08 Å². The number of ketones is 1. The number of allylic oxidation sites excluding steroid dienone is 2. The summed E-state index contributed by atoms with van der Waals surface area (Å²) in [6.45, 7) is 0.181. The number of benzene rings is 1. The van der Waals surface area contributed by atoms with Crippen LogP contribution in [-0.2, 0) is 15.7 Å². The molecule has 0 N–H and O–H groups in total. The highest BCUT2D eigenvalue weighted by Crippen LogP contribution is 2.39. The molecule has 2 heterocycles. The van der Waals surface area contributed by atoms with Crippen molar-refractivity contribution in [1.82, 2.24) is 4.98 Å². The lowest BCUT2D eigenvalue weighted by molar-refractivity contribution is -0.137. The molecule has 1 aromatic carbocycles. The molecule has 1 aliphatic heterocycles. The molecule has 0 spiro atoms. The standard InChI is InChI=1S/C23H18F5NO2S/c24-16-10-14-2-1-6-31-19-9-13(8-18(30)22(19)21(14)17(25)11-16)5-7-32-20-4-3-15(12-29-20)23(26,27)28/h1-4,10-13H,5-9H2. The maximum Gasteiger partial charge on any atom is 0.417 e. The summed E-state index contributed by atoms with van der Waals surface area (Å²) in [5.74, 6) is -0.910. The predicted octanol–water partition coefficient (Wildman–Crippen LogP) is 6.29. The zero-order chi connectivity index (χ0) is 22.9. The van der Waals surface area contributed by atoms with Crippen LogP contribution < -0.4 is 0 Å². The van der Waals surface area contributed by atoms with Crippen molar-refractivity contribution in [3.8, 4) is 0 Å². The van der Waals surface area contributed by atoms with Crippen LogP contribution >= 0.6 is 11.8 Å². The molecular weight excluding hydrogens is 449 g/mol. The Balaban J connectivity index is 1.46. The van der Waals surface area contributed by atoms with E-state index in [2.05, 4.69) is 4.98 Å². The van der Waals surface area contributed by atoms with Crippen molar-refractivity contribution in [3.05, 3.63) is 70.6 Å². The van der Waals surface area contributed by atoms with Crippen LogP contribution in [0.4, 0.5) is 22.0 Å². The first-order chi connectivity index (χ1) is 15.2. The van der Waals surface area contributed by atoms with E-state index < -0.39 is 23.4 Å². The molecule has 1 aromatic heterocycles. The number of alkyl halides is 3. The van der Waals surface area contributed by atoms with Gasteiger partial charge in [-0.15, -0.1) is 11.8 Å². The fraction of sp³-hybridized carbons (Fsp3) is 0.304. The molecule has 0 saturated heterocycles. The second kappa shape index (κ2) is 9.05. The third-order valence-electron chi connectivity index (χ3n) is 5.33. The van der Waals surface area contributed by atoms with E-state index in [0.717, 1.165) is 18.3 Å². The van der Waals surface area contributed by atoms with Crippen molar-refractivity contribution < 1.29 is 31.5 Å². The average Bonchev–Trinajstić information content (AvgIpc) is 2.70. The van der Waals surface area contributed by atoms with Gasteiger partial charge in [0, 0.05) is 30.7 Å². The highest BCUT2D eigenvalue weighted by Gasteiger charge is 2.33. The van der Waals surface area contributed by atoms with E-state index in [1.165, 1.54) is 23.9 Å². The molecule has 0 radical (unpaired) electrons. The Bertz CT molecular complexity index is 1090. The average molecular weight is 467 g/mol. The molecule has 0 saturated carbocycles. The maximum absolute atomic E-state index is 14.6. The van der Waals surface area contributed by atoms with Crippen LogP contribution in [0.3, 0.4) is 0 Å². The molecule has 168 valence electrons. The predicted molar refractivity (Wildman–Crippen MR) is 111 cm³/mol. The molecule has 9 heteroatoms. The van der Waals surface area contributed by atoms with Gasteiger partial charge in [0.15, 0.2) is 5.78 Å². The van der Waals surface area contributed by atoms with Gasteiger partial charge in [0.25, 0.3) is 0 Å². The van der Waals surface area contributed by atoms with Crippen LogP contribution in [0, 0.1) is 17.6 Å². The maximum atomic E-state index is 14.6. The normalized spacial score (nSPS) is 18.5. The molecule has 32 heavy (non-hydrogen) atoms. The lowest BCUT2D eigenvalue weighted by atomic mass is 9.81. The zero-order valence-electron chi connectivity index (χ0n) is 16.7. The van der Waals surface area contributed by atoms with E-state index in [4.69, 9.17) is 4.74 Å². The van der Waals surface area contributed by atoms with Gasteiger partial charge in [-0.2, -0.15) is 13.2 Å². The Morgan fingerprint density at radius 1 is 1.16 bits per heavy atom. The number of carbonyl (C=O) groups is 1. The third-order valence-corrected chi connectivity index (χ3v) is 6.31. The zero-order valence-corrected chi connectivity index (χ0v) is 17.5. The fourth-order valence-corrected chi connectivity index (χ4v) is 4.80. The van der Waals surface area contributed by atoms with Crippen molar-refractivity contribution in [1.29, 1.82) is 0 Å². The molecule has 2 aromatic rings. The van der Waals surface area contributed by atoms with Crippen molar-refractivity contribution in [2.45, 2.75) is 30.5 Å². The van der Waals surface area contributed by atoms with Crippen molar-refractivity contribution in [3.63, 3.8) is 0 Å². The Morgan fingerprint density at radius 2 is 1.97 bits per heavy atom. The molecular formula is C23H18F5NO2S. The molecule has 2 aliphatic rings. The Labute approximate surface area is 185 Å². The number of aromatic nitrogens is 1. The van der Waals surface area contributed by atoms with E-state index in [1.807, 2.05) is 0 Å². The van der Waals surface area contributed by atoms with Gasteiger partial charge in [0.05, 0.1) is 16.2 Å². The summed E-state index contributed by atoms with van der Waals surface area (Å²) in [7, 11) is 0. The first-order valence-electron chi connectivity index (χ1n) is 9.93. The highest BCUT2D eigenvalue weighted by atomic mass is 32.2. The summed E-state index contributed by atoms with van der Waals surface area (Å²) >= 11 is 1.30. The minimum atomic E-state index is -4.43. The Hall–Kier alpha value is -2.68. The molecule has 4 rings (SSSR count). The summed E-state index contributed by atoms with van der Waals surface area (Å²) < 4.78 is 71.9. The summed E-state index contributed by atoms with van der Waals surface area (Å²) in [5.41, 5.74) is -0.282. The smallest absolute Gasteiger partial charge is 0.417 e. The number of nitrogens with zero attached hydrogens (tertiary/aromatic N) is 1. The number of hydrogen-bond acceptors (Lipinski definition) is 4. The van der Waals surface area contributed by atoms with Gasteiger partial charge < -0.3 is 4.74 Å².